The second-order valence-electron chi connectivity index (χ2n) is 6.05. The molecule has 126 valence electrons. The largest absolute Gasteiger partial charge is 0.400 e. The highest BCUT2D eigenvalue weighted by atomic mass is 35.5. The highest BCUT2D eigenvalue weighted by Crippen LogP contribution is 2.48. The Morgan fingerprint density at radius 2 is 1.71 bits per heavy atom. The van der Waals surface area contributed by atoms with Crippen molar-refractivity contribution in [2.24, 2.45) is 4.99 Å². The number of hydrogen-bond donors (Lipinski definition) is 0. The third kappa shape index (κ3) is 3.05. The minimum atomic E-state index is -4.46. The minimum Gasteiger partial charge on any atom is -0.288 e. The molecule has 0 saturated heterocycles. The Labute approximate surface area is 148 Å². The summed E-state index contributed by atoms with van der Waals surface area (Å²) in [4.78, 5) is 4.21. The summed E-state index contributed by atoms with van der Waals surface area (Å²) in [7, 11) is 0. The highest BCUT2D eigenvalue weighted by Gasteiger charge is 2.58. The first-order valence-electron chi connectivity index (χ1n) is 7.35. The highest BCUT2D eigenvalue weighted by molar-refractivity contribution is 6.34. The SMILES string of the molecule is Cc1cccc(C2=NC[C@@](c3cc(Cl)cc(Cl)c3)(C(F)(F)F)C2)c1. The van der Waals surface area contributed by atoms with E-state index < -0.39 is 11.6 Å². The lowest BCUT2D eigenvalue weighted by atomic mass is 9.76. The van der Waals surface area contributed by atoms with Crippen LogP contribution >= 0.6 is 23.2 Å². The van der Waals surface area contributed by atoms with Crippen LogP contribution in [0.1, 0.15) is 23.1 Å². The number of halogens is 5. The number of aliphatic imine (C=N–C) groups is 1. The third-order valence-electron chi connectivity index (χ3n) is 4.32. The van der Waals surface area contributed by atoms with Crippen LogP contribution in [0.4, 0.5) is 13.2 Å². The molecule has 0 aliphatic carbocycles. The molecule has 0 unspecified atom stereocenters. The molecular weight excluding hydrogens is 358 g/mol. The average molecular weight is 372 g/mol. The molecule has 6 heteroatoms. The molecule has 0 fully saturated rings. The van der Waals surface area contributed by atoms with E-state index in [0.717, 1.165) is 5.56 Å². The zero-order chi connectivity index (χ0) is 17.5. The van der Waals surface area contributed by atoms with E-state index in [-0.39, 0.29) is 28.6 Å². The van der Waals surface area contributed by atoms with Crippen molar-refractivity contribution in [2.45, 2.75) is 24.9 Å². The predicted octanol–water partition coefficient (Wildman–Crippen LogP) is 5.99. The summed E-state index contributed by atoms with van der Waals surface area (Å²) in [6.07, 6.45) is -4.69. The molecule has 0 radical (unpaired) electrons. The Hall–Kier alpha value is -1.52. The number of benzene rings is 2. The van der Waals surface area contributed by atoms with E-state index in [1.165, 1.54) is 18.2 Å². The molecule has 2 aromatic carbocycles. The van der Waals surface area contributed by atoms with Gasteiger partial charge in [-0.1, -0.05) is 53.0 Å². The van der Waals surface area contributed by atoms with E-state index in [2.05, 4.69) is 4.99 Å². The fourth-order valence-corrected chi connectivity index (χ4v) is 3.55. The monoisotopic (exact) mass is 371 g/mol. The first-order valence-corrected chi connectivity index (χ1v) is 8.10. The van der Waals surface area contributed by atoms with Gasteiger partial charge in [0, 0.05) is 22.2 Å². The molecule has 0 spiro atoms. The molecule has 0 N–H and O–H groups in total. The van der Waals surface area contributed by atoms with E-state index >= 15 is 0 Å². The second-order valence-corrected chi connectivity index (χ2v) is 6.92. The Balaban J connectivity index is 2.05. The smallest absolute Gasteiger partial charge is 0.288 e. The van der Waals surface area contributed by atoms with Crippen LogP contribution in [0.3, 0.4) is 0 Å². The van der Waals surface area contributed by atoms with E-state index in [4.69, 9.17) is 23.2 Å². The normalized spacial score (nSPS) is 21.0. The van der Waals surface area contributed by atoms with Gasteiger partial charge in [-0.05, 0) is 36.2 Å². The van der Waals surface area contributed by atoms with Gasteiger partial charge in [-0.3, -0.25) is 4.99 Å². The zero-order valence-corrected chi connectivity index (χ0v) is 14.3. The summed E-state index contributed by atoms with van der Waals surface area (Å²) in [5.41, 5.74) is 0.103. The molecule has 1 aliphatic rings. The molecule has 0 amide bonds. The van der Waals surface area contributed by atoms with Crippen molar-refractivity contribution < 1.29 is 13.2 Å². The summed E-state index contributed by atoms with van der Waals surface area (Å²) >= 11 is 11.9. The van der Waals surface area contributed by atoms with E-state index in [9.17, 15) is 13.2 Å². The zero-order valence-electron chi connectivity index (χ0n) is 12.8. The number of alkyl halides is 3. The summed E-state index contributed by atoms with van der Waals surface area (Å²) < 4.78 is 41.9. The molecule has 2 aromatic rings. The van der Waals surface area contributed by atoms with Gasteiger partial charge in [0.15, 0.2) is 0 Å². The van der Waals surface area contributed by atoms with Crippen LogP contribution in [0.5, 0.6) is 0 Å². The van der Waals surface area contributed by atoms with Crippen molar-refractivity contribution in [1.82, 2.24) is 0 Å². The van der Waals surface area contributed by atoms with Crippen LogP contribution in [-0.2, 0) is 5.41 Å². The van der Waals surface area contributed by atoms with Crippen molar-refractivity contribution in [3.63, 3.8) is 0 Å². The van der Waals surface area contributed by atoms with Gasteiger partial charge in [0.1, 0.15) is 5.41 Å². The van der Waals surface area contributed by atoms with E-state index in [1.807, 2.05) is 25.1 Å². The van der Waals surface area contributed by atoms with Gasteiger partial charge in [0.25, 0.3) is 0 Å². The van der Waals surface area contributed by atoms with Crippen LogP contribution in [0.25, 0.3) is 0 Å². The molecule has 3 rings (SSSR count). The standard InChI is InChI=1S/C18H14Cl2F3N/c1-11-3-2-4-12(5-11)16-9-17(10-24-16,18(21,22)23)13-6-14(19)8-15(20)7-13/h2-8H,9-10H2,1H3/t17-/m0/s1. The van der Waals surface area contributed by atoms with Crippen molar-refractivity contribution in [3.8, 4) is 0 Å². The predicted molar refractivity (Wildman–Crippen MR) is 91.4 cm³/mol. The van der Waals surface area contributed by atoms with Crippen molar-refractivity contribution in [2.75, 3.05) is 6.54 Å². The van der Waals surface area contributed by atoms with E-state index in [0.29, 0.717) is 11.3 Å². The van der Waals surface area contributed by atoms with Gasteiger partial charge in [-0.15, -0.1) is 0 Å². The lowest BCUT2D eigenvalue weighted by Crippen LogP contribution is -2.43. The van der Waals surface area contributed by atoms with Crippen LogP contribution in [0.15, 0.2) is 47.5 Å². The van der Waals surface area contributed by atoms with Gasteiger partial charge in [0.2, 0.25) is 0 Å². The summed E-state index contributed by atoms with van der Waals surface area (Å²) in [5, 5.41) is 0.371. The van der Waals surface area contributed by atoms with Crippen molar-refractivity contribution >= 4 is 28.9 Å². The molecular formula is C18H14Cl2F3N. The van der Waals surface area contributed by atoms with Crippen LogP contribution in [-0.4, -0.2) is 18.4 Å². The Kier molecular flexibility index (Phi) is 4.39. The minimum absolute atomic E-state index is 0.0545. The molecule has 24 heavy (non-hydrogen) atoms. The lowest BCUT2D eigenvalue weighted by Gasteiger charge is -2.31. The van der Waals surface area contributed by atoms with Gasteiger partial charge < -0.3 is 0 Å². The number of rotatable bonds is 2. The Bertz CT molecular complexity index is 794. The average Bonchev–Trinajstić information content (AvgIpc) is 2.92. The van der Waals surface area contributed by atoms with Gasteiger partial charge in [-0.25, -0.2) is 0 Å². The number of nitrogens with zero attached hydrogens (tertiary/aromatic N) is 1. The molecule has 0 saturated carbocycles. The molecule has 1 aliphatic heterocycles. The summed E-state index contributed by atoms with van der Waals surface area (Å²) in [6, 6.07) is 11.4. The molecule has 0 aromatic heterocycles. The first kappa shape index (κ1) is 17.3. The Morgan fingerprint density at radius 3 is 2.29 bits per heavy atom. The third-order valence-corrected chi connectivity index (χ3v) is 4.75. The quantitative estimate of drug-likeness (QED) is 0.614. The number of hydrogen-bond acceptors (Lipinski definition) is 1. The Morgan fingerprint density at radius 1 is 1.04 bits per heavy atom. The molecule has 1 nitrogen and oxygen atoms in total. The molecule has 1 atom stereocenters. The van der Waals surface area contributed by atoms with Crippen molar-refractivity contribution in [1.29, 1.82) is 0 Å². The van der Waals surface area contributed by atoms with Crippen LogP contribution < -0.4 is 0 Å². The maximum absolute atomic E-state index is 14.0. The topological polar surface area (TPSA) is 12.4 Å². The van der Waals surface area contributed by atoms with Crippen LogP contribution in [0, 0.1) is 6.92 Å². The summed E-state index contributed by atoms with van der Waals surface area (Å²) in [6.45, 7) is 1.53. The number of aryl methyl sites for hydroxylation is 1. The first-order chi connectivity index (χ1) is 11.2. The molecule has 1 heterocycles. The van der Waals surface area contributed by atoms with Gasteiger partial charge >= 0.3 is 6.18 Å². The maximum atomic E-state index is 14.0. The van der Waals surface area contributed by atoms with Crippen LogP contribution in [0.2, 0.25) is 10.0 Å². The maximum Gasteiger partial charge on any atom is 0.400 e. The molecule has 0 bridgehead atoms. The van der Waals surface area contributed by atoms with E-state index in [1.54, 1.807) is 6.07 Å². The summed E-state index contributed by atoms with van der Waals surface area (Å²) in [5.74, 6) is 0. The second kappa shape index (κ2) is 6.08. The fraction of sp³-hybridized carbons (Fsp3) is 0.278. The fourth-order valence-electron chi connectivity index (χ4n) is 3.02. The van der Waals surface area contributed by atoms with Gasteiger partial charge in [0.05, 0.1) is 6.54 Å². The van der Waals surface area contributed by atoms with Crippen molar-refractivity contribution in [3.05, 3.63) is 69.2 Å². The van der Waals surface area contributed by atoms with Gasteiger partial charge in [-0.2, -0.15) is 13.2 Å². The lowest BCUT2D eigenvalue weighted by molar-refractivity contribution is -0.183.